The van der Waals surface area contributed by atoms with Gasteiger partial charge < -0.3 is 10.0 Å². The summed E-state index contributed by atoms with van der Waals surface area (Å²) < 4.78 is 0. The Kier molecular flexibility index (Phi) is 3.33. The SMILES string of the molecule is O=C(O)C1CCC(N2Cc3cc4ccccc4cc3C2=O)CC1. The van der Waals surface area contributed by atoms with E-state index in [1.54, 1.807) is 0 Å². The standard InChI is InChI=1S/C19H19NO3/c21-18-17-10-14-4-2-1-3-13(14)9-15(17)11-20(18)16-7-5-12(6-8-16)19(22)23/h1-4,9-10,12,16H,5-8,11H2,(H,22,23). The number of nitrogens with zero attached hydrogens (tertiary/aromatic N) is 1. The fraction of sp³-hybridized carbons (Fsp3) is 0.368. The lowest BCUT2D eigenvalue weighted by atomic mass is 9.85. The van der Waals surface area contributed by atoms with Gasteiger partial charge in [-0.05, 0) is 54.2 Å². The molecule has 0 atom stereocenters. The van der Waals surface area contributed by atoms with Gasteiger partial charge >= 0.3 is 5.97 Å². The van der Waals surface area contributed by atoms with Crippen LogP contribution in [0.5, 0.6) is 0 Å². The molecule has 118 valence electrons. The van der Waals surface area contributed by atoms with Crippen LogP contribution in [-0.4, -0.2) is 27.9 Å². The summed E-state index contributed by atoms with van der Waals surface area (Å²) in [5.74, 6) is -0.843. The van der Waals surface area contributed by atoms with Crippen LogP contribution >= 0.6 is 0 Å². The van der Waals surface area contributed by atoms with Crippen molar-refractivity contribution in [3.8, 4) is 0 Å². The van der Waals surface area contributed by atoms with Gasteiger partial charge in [0.1, 0.15) is 0 Å². The van der Waals surface area contributed by atoms with Crippen molar-refractivity contribution in [2.75, 3.05) is 0 Å². The minimum Gasteiger partial charge on any atom is -0.481 e. The minimum atomic E-state index is -0.703. The summed E-state index contributed by atoms with van der Waals surface area (Å²) in [5.41, 5.74) is 1.90. The van der Waals surface area contributed by atoms with Crippen molar-refractivity contribution in [1.29, 1.82) is 0 Å². The van der Waals surface area contributed by atoms with E-state index in [0.29, 0.717) is 19.4 Å². The number of rotatable bonds is 2. The van der Waals surface area contributed by atoms with E-state index in [0.717, 1.165) is 34.7 Å². The smallest absolute Gasteiger partial charge is 0.306 e. The van der Waals surface area contributed by atoms with E-state index in [1.165, 1.54) is 0 Å². The summed E-state index contributed by atoms with van der Waals surface area (Å²) >= 11 is 0. The van der Waals surface area contributed by atoms with Crippen LogP contribution in [0.2, 0.25) is 0 Å². The molecule has 2 aromatic rings. The largest absolute Gasteiger partial charge is 0.481 e. The third kappa shape index (κ3) is 2.38. The number of carbonyl (C=O) groups excluding carboxylic acids is 1. The number of carbonyl (C=O) groups is 2. The summed E-state index contributed by atoms with van der Waals surface area (Å²) in [6, 6.07) is 12.4. The minimum absolute atomic E-state index is 0.101. The van der Waals surface area contributed by atoms with Crippen LogP contribution < -0.4 is 0 Å². The fourth-order valence-electron chi connectivity index (χ4n) is 3.96. The van der Waals surface area contributed by atoms with Gasteiger partial charge in [-0.3, -0.25) is 9.59 Å². The monoisotopic (exact) mass is 309 g/mol. The lowest BCUT2D eigenvalue weighted by molar-refractivity contribution is -0.143. The molecule has 2 aliphatic rings. The Morgan fingerprint density at radius 1 is 1.04 bits per heavy atom. The molecule has 1 heterocycles. The van der Waals surface area contributed by atoms with Gasteiger partial charge in [-0.15, -0.1) is 0 Å². The van der Waals surface area contributed by atoms with Crippen LogP contribution in [0.4, 0.5) is 0 Å². The van der Waals surface area contributed by atoms with E-state index in [2.05, 4.69) is 12.1 Å². The number of hydrogen-bond acceptors (Lipinski definition) is 2. The maximum atomic E-state index is 12.8. The van der Waals surface area contributed by atoms with Crippen LogP contribution in [0.3, 0.4) is 0 Å². The van der Waals surface area contributed by atoms with Crippen molar-refractivity contribution in [3.05, 3.63) is 47.5 Å². The highest BCUT2D eigenvalue weighted by molar-refractivity contribution is 6.02. The summed E-state index contributed by atoms with van der Waals surface area (Å²) in [6.45, 7) is 0.654. The van der Waals surface area contributed by atoms with Crippen molar-refractivity contribution in [3.63, 3.8) is 0 Å². The Labute approximate surface area is 134 Å². The predicted molar refractivity (Wildman–Crippen MR) is 87.2 cm³/mol. The lowest BCUT2D eigenvalue weighted by Crippen LogP contribution is -2.39. The van der Waals surface area contributed by atoms with E-state index in [4.69, 9.17) is 5.11 Å². The zero-order valence-electron chi connectivity index (χ0n) is 12.9. The Morgan fingerprint density at radius 2 is 1.70 bits per heavy atom. The molecule has 4 heteroatoms. The number of carboxylic acid groups (broad SMARTS) is 1. The van der Waals surface area contributed by atoms with Crippen LogP contribution in [-0.2, 0) is 11.3 Å². The highest BCUT2D eigenvalue weighted by Gasteiger charge is 2.36. The molecule has 0 unspecified atom stereocenters. The van der Waals surface area contributed by atoms with Gasteiger partial charge in [0.2, 0.25) is 0 Å². The molecule has 23 heavy (non-hydrogen) atoms. The quantitative estimate of drug-likeness (QED) is 0.924. The summed E-state index contributed by atoms with van der Waals surface area (Å²) in [5, 5.41) is 11.4. The molecule has 1 N–H and O–H groups in total. The van der Waals surface area contributed by atoms with Gasteiger partial charge in [-0.1, -0.05) is 24.3 Å². The fourth-order valence-corrected chi connectivity index (χ4v) is 3.96. The van der Waals surface area contributed by atoms with E-state index < -0.39 is 5.97 Å². The molecule has 1 aliphatic heterocycles. The normalized spacial score (nSPS) is 24.0. The Hall–Kier alpha value is -2.36. The van der Waals surface area contributed by atoms with Crippen molar-refractivity contribution in [2.24, 2.45) is 5.92 Å². The van der Waals surface area contributed by atoms with Crippen molar-refractivity contribution >= 4 is 22.6 Å². The Balaban J connectivity index is 1.58. The van der Waals surface area contributed by atoms with Crippen LogP contribution in [0, 0.1) is 5.92 Å². The second-order valence-corrected chi connectivity index (χ2v) is 6.63. The first-order chi connectivity index (χ1) is 11.1. The molecular formula is C19H19NO3. The van der Waals surface area contributed by atoms with Crippen LogP contribution in [0.1, 0.15) is 41.6 Å². The molecule has 4 nitrogen and oxygen atoms in total. The average molecular weight is 309 g/mol. The summed E-state index contributed by atoms with van der Waals surface area (Å²) in [7, 11) is 0. The second-order valence-electron chi connectivity index (χ2n) is 6.63. The Morgan fingerprint density at radius 3 is 2.35 bits per heavy atom. The van der Waals surface area contributed by atoms with E-state index in [9.17, 15) is 9.59 Å². The van der Waals surface area contributed by atoms with Crippen molar-refractivity contribution in [1.82, 2.24) is 4.90 Å². The molecule has 1 fully saturated rings. The molecule has 1 aliphatic carbocycles. The molecule has 1 saturated carbocycles. The van der Waals surface area contributed by atoms with Crippen LogP contribution in [0.25, 0.3) is 10.8 Å². The first kappa shape index (κ1) is 14.2. The predicted octanol–water partition coefficient (Wildman–Crippen LogP) is 3.44. The maximum absolute atomic E-state index is 12.8. The van der Waals surface area contributed by atoms with Gasteiger partial charge in [0.25, 0.3) is 5.91 Å². The molecule has 1 amide bonds. The molecule has 0 radical (unpaired) electrons. The number of benzene rings is 2. The number of carboxylic acids is 1. The Bertz CT molecular complexity index is 790. The molecule has 0 saturated heterocycles. The first-order valence-corrected chi connectivity index (χ1v) is 8.19. The summed E-state index contributed by atoms with van der Waals surface area (Å²) in [6.07, 6.45) is 2.91. The highest BCUT2D eigenvalue weighted by Crippen LogP contribution is 2.34. The summed E-state index contributed by atoms with van der Waals surface area (Å²) in [4.78, 5) is 25.8. The van der Waals surface area contributed by atoms with Crippen molar-refractivity contribution < 1.29 is 14.7 Å². The number of amides is 1. The molecule has 0 bridgehead atoms. The molecule has 2 aromatic carbocycles. The average Bonchev–Trinajstić information content (AvgIpc) is 2.89. The van der Waals surface area contributed by atoms with E-state index in [1.807, 2.05) is 29.2 Å². The molecular weight excluding hydrogens is 290 g/mol. The number of hydrogen-bond donors (Lipinski definition) is 1. The number of aliphatic carboxylic acids is 1. The highest BCUT2D eigenvalue weighted by atomic mass is 16.4. The lowest BCUT2D eigenvalue weighted by Gasteiger charge is -2.33. The second kappa shape index (κ2) is 5.37. The third-order valence-electron chi connectivity index (χ3n) is 5.29. The first-order valence-electron chi connectivity index (χ1n) is 8.19. The van der Waals surface area contributed by atoms with Crippen molar-refractivity contribution in [2.45, 2.75) is 38.3 Å². The van der Waals surface area contributed by atoms with Gasteiger partial charge in [-0.2, -0.15) is 0 Å². The van der Waals surface area contributed by atoms with Crippen LogP contribution in [0.15, 0.2) is 36.4 Å². The zero-order chi connectivity index (χ0) is 16.0. The molecule has 4 rings (SSSR count). The van der Waals surface area contributed by atoms with E-state index >= 15 is 0 Å². The molecule has 0 aromatic heterocycles. The molecule has 0 spiro atoms. The maximum Gasteiger partial charge on any atom is 0.306 e. The van der Waals surface area contributed by atoms with Gasteiger partial charge in [0.15, 0.2) is 0 Å². The number of fused-ring (bicyclic) bond motifs is 2. The topological polar surface area (TPSA) is 57.6 Å². The zero-order valence-corrected chi connectivity index (χ0v) is 12.9. The van der Waals surface area contributed by atoms with Gasteiger partial charge in [0, 0.05) is 18.2 Å². The third-order valence-corrected chi connectivity index (χ3v) is 5.29. The van der Waals surface area contributed by atoms with Gasteiger partial charge in [0.05, 0.1) is 5.92 Å². The van der Waals surface area contributed by atoms with Gasteiger partial charge in [-0.25, -0.2) is 0 Å². The van der Waals surface area contributed by atoms with E-state index in [-0.39, 0.29) is 17.9 Å².